The minimum Gasteiger partial charge on any atom is -0.368 e. The number of ether oxygens (including phenoxy) is 1. The Morgan fingerprint density at radius 2 is 2.06 bits per heavy atom. The molecule has 0 radical (unpaired) electrons. The van der Waals surface area contributed by atoms with Gasteiger partial charge in [0.15, 0.2) is 0 Å². The number of primary amides is 1. The number of hydrogen-bond donors (Lipinski definition) is 3. The maximum Gasteiger partial charge on any atom is 0.246 e. The van der Waals surface area contributed by atoms with Crippen molar-refractivity contribution in [2.45, 2.75) is 32.4 Å². The summed E-state index contributed by atoms with van der Waals surface area (Å²) in [7, 11) is 0. The van der Waals surface area contributed by atoms with Crippen molar-refractivity contribution in [1.82, 2.24) is 10.6 Å². The van der Waals surface area contributed by atoms with E-state index >= 15 is 0 Å². The third-order valence-electron chi connectivity index (χ3n) is 2.84. The third kappa shape index (κ3) is 3.98. The molecule has 6 heteroatoms. The number of rotatable bonds is 6. The lowest BCUT2D eigenvalue weighted by Crippen LogP contribution is -2.60. The van der Waals surface area contributed by atoms with Gasteiger partial charge in [-0.15, -0.1) is 0 Å². The molecule has 98 valence electrons. The first-order valence-electron chi connectivity index (χ1n) is 5.77. The molecule has 1 atom stereocenters. The molecule has 0 aliphatic carbocycles. The Bertz CT molecular complexity index is 300. The summed E-state index contributed by atoms with van der Waals surface area (Å²) in [5.74, 6) is -0.863. The van der Waals surface area contributed by atoms with Crippen LogP contribution in [0.3, 0.4) is 0 Å². The largest absolute Gasteiger partial charge is 0.368 e. The van der Waals surface area contributed by atoms with Gasteiger partial charge in [-0.2, -0.15) is 0 Å². The second-order valence-electron chi connectivity index (χ2n) is 5.03. The van der Waals surface area contributed by atoms with E-state index in [9.17, 15) is 9.59 Å². The van der Waals surface area contributed by atoms with Crippen molar-refractivity contribution in [2.75, 3.05) is 19.7 Å². The maximum absolute atomic E-state index is 11.6. The van der Waals surface area contributed by atoms with Gasteiger partial charge >= 0.3 is 0 Å². The summed E-state index contributed by atoms with van der Waals surface area (Å²) in [5, 5.41) is 5.65. The van der Waals surface area contributed by atoms with Crippen molar-refractivity contribution < 1.29 is 14.3 Å². The van der Waals surface area contributed by atoms with Crippen LogP contribution in [0.25, 0.3) is 0 Å². The van der Waals surface area contributed by atoms with Gasteiger partial charge in [-0.25, -0.2) is 0 Å². The fourth-order valence-corrected chi connectivity index (χ4v) is 1.60. The lowest BCUT2D eigenvalue weighted by Gasteiger charge is -2.38. The van der Waals surface area contributed by atoms with Gasteiger partial charge in [-0.3, -0.25) is 9.59 Å². The van der Waals surface area contributed by atoms with Crippen LogP contribution in [-0.2, 0) is 14.3 Å². The Balaban J connectivity index is 2.34. The highest BCUT2D eigenvalue weighted by Gasteiger charge is 2.33. The molecule has 0 bridgehead atoms. The Kier molecular flexibility index (Phi) is 4.47. The standard InChI is InChI=1S/C11H21N3O3/c1-7(2)9(10(12)16)14-8(15)4-17-11(3)5-13-6-11/h7,9,13H,4-6H2,1-3H3,(H2,12,16)(H,14,15). The van der Waals surface area contributed by atoms with Crippen molar-refractivity contribution in [2.24, 2.45) is 11.7 Å². The molecule has 1 fully saturated rings. The molecule has 1 aliphatic heterocycles. The molecular formula is C11H21N3O3. The van der Waals surface area contributed by atoms with E-state index in [-0.39, 0.29) is 24.0 Å². The van der Waals surface area contributed by atoms with E-state index in [2.05, 4.69) is 10.6 Å². The summed E-state index contributed by atoms with van der Waals surface area (Å²) in [4.78, 5) is 22.7. The SMILES string of the molecule is CC(C)C(NC(=O)COC1(C)CNC1)C(N)=O. The number of hydrogen-bond acceptors (Lipinski definition) is 4. The van der Waals surface area contributed by atoms with Gasteiger partial charge in [0.25, 0.3) is 0 Å². The van der Waals surface area contributed by atoms with Crippen LogP contribution < -0.4 is 16.4 Å². The fourth-order valence-electron chi connectivity index (χ4n) is 1.60. The van der Waals surface area contributed by atoms with E-state index in [1.807, 2.05) is 20.8 Å². The van der Waals surface area contributed by atoms with Gasteiger partial charge in [0.05, 0.1) is 5.60 Å². The molecule has 1 unspecified atom stereocenters. The van der Waals surface area contributed by atoms with Gasteiger partial charge in [-0.05, 0) is 12.8 Å². The average molecular weight is 243 g/mol. The zero-order chi connectivity index (χ0) is 13.1. The van der Waals surface area contributed by atoms with Crippen LogP contribution in [-0.4, -0.2) is 43.2 Å². The van der Waals surface area contributed by atoms with Crippen LogP contribution in [0.1, 0.15) is 20.8 Å². The highest BCUT2D eigenvalue weighted by atomic mass is 16.5. The smallest absolute Gasteiger partial charge is 0.246 e. The van der Waals surface area contributed by atoms with Crippen molar-refractivity contribution in [1.29, 1.82) is 0 Å². The molecule has 0 aromatic heterocycles. The zero-order valence-electron chi connectivity index (χ0n) is 10.6. The molecule has 2 amide bonds. The van der Waals surface area contributed by atoms with Crippen molar-refractivity contribution in [3.63, 3.8) is 0 Å². The molecule has 1 rings (SSSR count). The van der Waals surface area contributed by atoms with E-state index in [0.29, 0.717) is 0 Å². The van der Waals surface area contributed by atoms with Gasteiger partial charge in [0, 0.05) is 13.1 Å². The van der Waals surface area contributed by atoms with Gasteiger partial charge < -0.3 is 21.1 Å². The van der Waals surface area contributed by atoms with Gasteiger partial charge in [0.1, 0.15) is 12.6 Å². The molecular weight excluding hydrogens is 222 g/mol. The van der Waals surface area contributed by atoms with Crippen LogP contribution in [0, 0.1) is 5.92 Å². The average Bonchev–Trinajstić information content (AvgIpc) is 2.19. The zero-order valence-corrected chi connectivity index (χ0v) is 10.6. The summed E-state index contributed by atoms with van der Waals surface area (Å²) in [5.41, 5.74) is 4.93. The van der Waals surface area contributed by atoms with Crippen LogP contribution in [0.2, 0.25) is 0 Å². The van der Waals surface area contributed by atoms with Crippen molar-refractivity contribution >= 4 is 11.8 Å². The highest BCUT2D eigenvalue weighted by Crippen LogP contribution is 2.14. The minimum atomic E-state index is -0.640. The molecule has 1 saturated heterocycles. The topological polar surface area (TPSA) is 93.4 Å². The molecule has 17 heavy (non-hydrogen) atoms. The normalized spacial score (nSPS) is 19.5. The van der Waals surface area contributed by atoms with Crippen LogP contribution >= 0.6 is 0 Å². The number of amides is 2. The third-order valence-corrected chi connectivity index (χ3v) is 2.84. The minimum absolute atomic E-state index is 0.0302. The predicted molar refractivity (Wildman–Crippen MR) is 63.2 cm³/mol. The molecule has 1 heterocycles. The van der Waals surface area contributed by atoms with E-state index in [0.717, 1.165) is 13.1 Å². The van der Waals surface area contributed by atoms with Crippen LogP contribution in [0.4, 0.5) is 0 Å². The molecule has 4 N–H and O–H groups in total. The Hall–Kier alpha value is -1.14. The number of nitrogens with one attached hydrogen (secondary N) is 2. The second kappa shape index (κ2) is 5.46. The van der Waals surface area contributed by atoms with E-state index < -0.39 is 11.9 Å². The highest BCUT2D eigenvalue weighted by molar-refractivity contribution is 5.87. The predicted octanol–water partition coefficient (Wildman–Crippen LogP) is -1.01. The van der Waals surface area contributed by atoms with E-state index in [4.69, 9.17) is 10.5 Å². The van der Waals surface area contributed by atoms with Crippen molar-refractivity contribution in [3.05, 3.63) is 0 Å². The fraction of sp³-hybridized carbons (Fsp3) is 0.818. The molecule has 6 nitrogen and oxygen atoms in total. The summed E-state index contributed by atoms with van der Waals surface area (Å²) in [6.07, 6.45) is 0. The first kappa shape index (κ1) is 13.9. The Morgan fingerprint density at radius 3 is 2.41 bits per heavy atom. The van der Waals surface area contributed by atoms with Crippen molar-refractivity contribution in [3.8, 4) is 0 Å². The molecule has 0 aromatic rings. The Labute approximate surface area is 101 Å². The lowest BCUT2D eigenvalue weighted by atomic mass is 10.0. The lowest BCUT2D eigenvalue weighted by molar-refractivity contribution is -0.139. The number of carbonyl (C=O) groups excluding carboxylic acids is 2. The van der Waals surface area contributed by atoms with Gasteiger partial charge in [0.2, 0.25) is 11.8 Å². The Morgan fingerprint density at radius 1 is 1.47 bits per heavy atom. The maximum atomic E-state index is 11.6. The van der Waals surface area contributed by atoms with Crippen LogP contribution in [0.15, 0.2) is 0 Å². The van der Waals surface area contributed by atoms with E-state index in [1.165, 1.54) is 0 Å². The summed E-state index contributed by atoms with van der Waals surface area (Å²) in [6.45, 7) is 7.02. The molecule has 0 saturated carbocycles. The molecule has 0 aromatic carbocycles. The first-order valence-corrected chi connectivity index (χ1v) is 5.77. The molecule has 1 aliphatic rings. The number of nitrogens with two attached hydrogens (primary N) is 1. The van der Waals surface area contributed by atoms with Crippen LogP contribution in [0.5, 0.6) is 0 Å². The molecule has 0 spiro atoms. The summed E-state index contributed by atoms with van der Waals surface area (Å²) in [6, 6.07) is -0.640. The summed E-state index contributed by atoms with van der Waals surface area (Å²) >= 11 is 0. The number of carbonyl (C=O) groups is 2. The monoisotopic (exact) mass is 243 g/mol. The second-order valence-corrected chi connectivity index (χ2v) is 5.03. The van der Waals surface area contributed by atoms with E-state index in [1.54, 1.807) is 0 Å². The summed E-state index contributed by atoms with van der Waals surface area (Å²) < 4.78 is 5.46. The first-order chi connectivity index (χ1) is 7.84. The van der Waals surface area contributed by atoms with Gasteiger partial charge in [-0.1, -0.05) is 13.8 Å². The quantitative estimate of drug-likeness (QED) is 0.557.